The van der Waals surface area contributed by atoms with Gasteiger partial charge in [0.25, 0.3) is 0 Å². The van der Waals surface area contributed by atoms with Gasteiger partial charge in [-0.1, -0.05) is 6.07 Å². The number of nitrogens with zero attached hydrogens (tertiary/aromatic N) is 1. The molecule has 0 bridgehead atoms. The van der Waals surface area contributed by atoms with Crippen LogP contribution < -0.4 is 4.74 Å². The summed E-state index contributed by atoms with van der Waals surface area (Å²) in [5, 5.41) is 11.2. The van der Waals surface area contributed by atoms with E-state index in [1.54, 1.807) is 46.1 Å². The summed E-state index contributed by atoms with van der Waals surface area (Å²) < 4.78 is 26.6. The van der Waals surface area contributed by atoms with E-state index in [1.807, 2.05) is 0 Å². The van der Waals surface area contributed by atoms with E-state index in [-0.39, 0.29) is 24.4 Å². The minimum atomic E-state index is -0.966. The molecule has 8 nitrogen and oxygen atoms in total. The van der Waals surface area contributed by atoms with Gasteiger partial charge in [0.1, 0.15) is 11.7 Å². The Morgan fingerprint density at radius 2 is 1.83 bits per heavy atom. The second-order valence-electron chi connectivity index (χ2n) is 7.15. The summed E-state index contributed by atoms with van der Waals surface area (Å²) in [4.78, 5) is 16.9. The molecule has 1 atom stereocenters. The Morgan fingerprint density at radius 1 is 1.17 bits per heavy atom. The number of esters is 1. The molecule has 0 amide bonds. The van der Waals surface area contributed by atoms with Gasteiger partial charge in [-0.15, -0.1) is 11.8 Å². The maximum atomic E-state index is 12.3. The number of aliphatic imine (C=N–C) groups is 1. The molecule has 9 heteroatoms. The molecule has 1 aromatic carbocycles. The van der Waals surface area contributed by atoms with Crippen LogP contribution in [0.2, 0.25) is 0 Å². The number of aromatic hydroxyl groups is 1. The molecule has 168 valence electrons. The second kappa shape index (κ2) is 12.1. The third-order valence-corrected chi connectivity index (χ3v) is 5.43. The lowest BCUT2D eigenvalue weighted by molar-refractivity contribution is -0.152. The van der Waals surface area contributed by atoms with Crippen LogP contribution in [-0.4, -0.2) is 80.3 Å². The molecule has 1 aliphatic rings. The quantitative estimate of drug-likeness (QED) is 0.369. The van der Waals surface area contributed by atoms with E-state index in [4.69, 9.17) is 23.7 Å². The Bertz CT molecular complexity index is 725. The molecule has 0 aromatic heterocycles. The Balaban J connectivity index is 1.88. The number of carbonyl (C=O) groups excluding carboxylic acids is 1. The average Bonchev–Trinajstić information content (AvgIpc) is 3.11. The van der Waals surface area contributed by atoms with Crippen LogP contribution in [-0.2, 0) is 23.7 Å². The van der Waals surface area contributed by atoms with Crippen molar-refractivity contribution in [1.29, 1.82) is 0 Å². The van der Waals surface area contributed by atoms with E-state index < -0.39 is 5.54 Å². The maximum absolute atomic E-state index is 12.3. The summed E-state index contributed by atoms with van der Waals surface area (Å²) in [5.41, 5.74) is -0.432. The van der Waals surface area contributed by atoms with Crippen LogP contribution in [0.15, 0.2) is 23.2 Å². The first kappa shape index (κ1) is 24.5. The highest BCUT2D eigenvalue weighted by Crippen LogP contribution is 2.38. The molecule has 0 saturated heterocycles. The lowest BCUT2D eigenvalue weighted by atomic mass is 10.1. The number of carbonyl (C=O) groups is 1. The van der Waals surface area contributed by atoms with Crippen molar-refractivity contribution in [3.05, 3.63) is 23.8 Å². The SMILES string of the molecule is COCCOCCOCCOc1cccc(C2=N[C@@](C)(C(=O)OC(C)C)CS2)c1O. The smallest absolute Gasteiger partial charge is 0.334 e. The highest BCUT2D eigenvalue weighted by Gasteiger charge is 2.41. The number of phenolic OH excluding ortho intramolecular Hbond substituents is 1. The zero-order valence-electron chi connectivity index (χ0n) is 18.0. The largest absolute Gasteiger partial charge is 0.504 e. The molecule has 0 radical (unpaired) electrons. The fourth-order valence-electron chi connectivity index (χ4n) is 2.57. The van der Waals surface area contributed by atoms with Gasteiger partial charge in [0, 0.05) is 12.9 Å². The Morgan fingerprint density at radius 3 is 2.50 bits per heavy atom. The second-order valence-corrected chi connectivity index (χ2v) is 8.12. The highest BCUT2D eigenvalue weighted by molar-refractivity contribution is 8.14. The van der Waals surface area contributed by atoms with Crippen LogP contribution in [0.4, 0.5) is 0 Å². The molecule has 1 heterocycles. The van der Waals surface area contributed by atoms with Crippen LogP contribution >= 0.6 is 11.8 Å². The standard InChI is InChI=1S/C21H31NO7S/c1-15(2)29-20(24)21(3)14-30-19(22-21)16-6-5-7-17(18(16)23)28-13-12-27-11-10-26-9-8-25-4/h5-7,15,23H,8-14H2,1-4H3/t21-/m1/s1. The van der Waals surface area contributed by atoms with Crippen molar-refractivity contribution in [2.75, 3.05) is 52.5 Å². The predicted molar refractivity (Wildman–Crippen MR) is 116 cm³/mol. The van der Waals surface area contributed by atoms with Crippen LogP contribution in [0.1, 0.15) is 26.3 Å². The molecule has 1 N–H and O–H groups in total. The highest BCUT2D eigenvalue weighted by atomic mass is 32.2. The van der Waals surface area contributed by atoms with E-state index in [2.05, 4.69) is 4.99 Å². The van der Waals surface area contributed by atoms with Crippen molar-refractivity contribution in [2.24, 2.45) is 4.99 Å². The summed E-state index contributed by atoms with van der Waals surface area (Å²) in [6.07, 6.45) is -0.206. The predicted octanol–water partition coefficient (Wildman–Crippen LogP) is 2.65. The molecule has 0 saturated carbocycles. The summed E-state index contributed by atoms with van der Waals surface area (Å²) in [7, 11) is 1.62. The van der Waals surface area contributed by atoms with Gasteiger partial charge < -0.3 is 28.8 Å². The summed E-state index contributed by atoms with van der Waals surface area (Å²) in [6.45, 7) is 8.03. The molecule has 1 aliphatic heterocycles. The number of ether oxygens (including phenoxy) is 5. The minimum absolute atomic E-state index is 0.00636. The van der Waals surface area contributed by atoms with Gasteiger partial charge in [0.15, 0.2) is 17.0 Å². The number of benzene rings is 1. The van der Waals surface area contributed by atoms with Crippen LogP contribution in [0.5, 0.6) is 11.5 Å². The first-order valence-corrected chi connectivity index (χ1v) is 10.9. The number of thioether (sulfide) groups is 1. The van der Waals surface area contributed by atoms with Crippen molar-refractivity contribution in [3.8, 4) is 11.5 Å². The molecular formula is C21H31NO7S. The van der Waals surface area contributed by atoms with Crippen molar-refractivity contribution in [3.63, 3.8) is 0 Å². The van der Waals surface area contributed by atoms with Gasteiger partial charge in [0.05, 0.1) is 44.7 Å². The zero-order chi connectivity index (χ0) is 22.0. The summed E-state index contributed by atoms with van der Waals surface area (Å²) in [6, 6.07) is 5.21. The maximum Gasteiger partial charge on any atom is 0.334 e. The summed E-state index contributed by atoms with van der Waals surface area (Å²) >= 11 is 1.41. The molecule has 1 aromatic rings. The van der Waals surface area contributed by atoms with Crippen LogP contribution in [0.25, 0.3) is 0 Å². The summed E-state index contributed by atoms with van der Waals surface area (Å²) in [5.74, 6) is 0.427. The van der Waals surface area contributed by atoms with Crippen molar-refractivity contribution in [1.82, 2.24) is 0 Å². The van der Waals surface area contributed by atoms with E-state index in [0.717, 1.165) is 0 Å². The number of methoxy groups -OCH3 is 1. The molecule has 2 rings (SSSR count). The fourth-order valence-corrected chi connectivity index (χ4v) is 3.75. The molecule has 0 spiro atoms. The molecule has 0 unspecified atom stereocenters. The van der Waals surface area contributed by atoms with Crippen LogP contribution in [0, 0.1) is 0 Å². The molecule has 30 heavy (non-hydrogen) atoms. The fraction of sp³-hybridized carbons (Fsp3) is 0.619. The monoisotopic (exact) mass is 441 g/mol. The zero-order valence-corrected chi connectivity index (χ0v) is 18.8. The lowest BCUT2D eigenvalue weighted by Crippen LogP contribution is -2.37. The Hall–Kier alpha value is -1.81. The number of phenols is 1. The lowest BCUT2D eigenvalue weighted by Gasteiger charge is -2.19. The number of hydrogen-bond donors (Lipinski definition) is 1. The molecule has 0 aliphatic carbocycles. The topological polar surface area (TPSA) is 95.8 Å². The van der Waals surface area contributed by atoms with E-state index in [9.17, 15) is 9.90 Å². The van der Waals surface area contributed by atoms with Gasteiger partial charge in [-0.2, -0.15) is 0 Å². The Labute approximate surface area is 181 Å². The minimum Gasteiger partial charge on any atom is -0.504 e. The average molecular weight is 442 g/mol. The van der Waals surface area contributed by atoms with E-state index >= 15 is 0 Å². The third-order valence-electron chi connectivity index (χ3n) is 4.14. The van der Waals surface area contributed by atoms with Crippen molar-refractivity contribution >= 4 is 22.8 Å². The number of rotatable bonds is 13. The molecule has 0 fully saturated rings. The van der Waals surface area contributed by atoms with Crippen molar-refractivity contribution < 1.29 is 33.6 Å². The Kier molecular flexibility index (Phi) is 9.90. The third kappa shape index (κ3) is 7.16. The van der Waals surface area contributed by atoms with Gasteiger partial charge in [-0.3, -0.25) is 4.99 Å². The normalized spacial score (nSPS) is 18.5. The van der Waals surface area contributed by atoms with E-state index in [0.29, 0.717) is 55.1 Å². The molecular weight excluding hydrogens is 410 g/mol. The number of para-hydroxylation sites is 1. The first-order valence-electron chi connectivity index (χ1n) is 9.90. The van der Waals surface area contributed by atoms with Gasteiger partial charge in [-0.05, 0) is 32.9 Å². The van der Waals surface area contributed by atoms with E-state index in [1.165, 1.54) is 11.8 Å². The van der Waals surface area contributed by atoms with Gasteiger partial charge in [-0.25, -0.2) is 4.79 Å². The van der Waals surface area contributed by atoms with Crippen molar-refractivity contribution in [2.45, 2.75) is 32.4 Å². The number of hydrogen-bond acceptors (Lipinski definition) is 9. The van der Waals surface area contributed by atoms with Crippen LogP contribution in [0.3, 0.4) is 0 Å². The van der Waals surface area contributed by atoms with Gasteiger partial charge >= 0.3 is 5.97 Å². The first-order chi connectivity index (χ1) is 14.4. The van der Waals surface area contributed by atoms with Gasteiger partial charge in [0.2, 0.25) is 0 Å².